The van der Waals surface area contributed by atoms with Crippen molar-refractivity contribution in [1.29, 1.82) is 5.26 Å². The van der Waals surface area contributed by atoms with Gasteiger partial charge in [0.2, 0.25) is 5.95 Å². The zero-order valence-corrected chi connectivity index (χ0v) is 21.0. The number of halogens is 2. The second kappa shape index (κ2) is 11.0. The average Bonchev–Trinajstić information content (AvgIpc) is 3.39. The predicted octanol–water partition coefficient (Wildman–Crippen LogP) is 3.82. The third kappa shape index (κ3) is 5.73. The van der Waals surface area contributed by atoms with E-state index in [0.717, 1.165) is 6.07 Å². The molecule has 0 aliphatic rings. The maximum atomic E-state index is 14.9. The van der Waals surface area contributed by atoms with Crippen LogP contribution >= 0.6 is 0 Å². The normalized spacial score (nSPS) is 10.7. The van der Waals surface area contributed by atoms with Crippen LogP contribution in [0, 0.1) is 36.9 Å². The molecule has 0 spiro atoms. The molecule has 12 nitrogen and oxygen atoms in total. The molecule has 0 fully saturated rings. The first-order chi connectivity index (χ1) is 19.3. The quantitative estimate of drug-likeness (QED) is 0.288. The fourth-order valence-corrected chi connectivity index (χ4v) is 3.68. The van der Waals surface area contributed by atoms with Crippen LogP contribution in [0.4, 0.5) is 20.5 Å². The summed E-state index contributed by atoms with van der Waals surface area (Å²) in [5, 5.41) is 17.8. The van der Waals surface area contributed by atoms with Gasteiger partial charge in [0.15, 0.2) is 23.4 Å². The Morgan fingerprint density at radius 2 is 1.88 bits per heavy atom. The van der Waals surface area contributed by atoms with Gasteiger partial charge in [-0.15, -0.1) is 0 Å². The molecular formula is C26H18F2N10O2. The van der Waals surface area contributed by atoms with Gasteiger partial charge in [0.1, 0.15) is 5.82 Å². The zero-order valence-electron chi connectivity index (χ0n) is 21.0. The molecular weight excluding hydrogens is 522 g/mol. The number of carbonyl (C=O) groups excluding carboxylic acids is 1. The first-order valence-corrected chi connectivity index (χ1v) is 11.7. The molecule has 40 heavy (non-hydrogen) atoms. The van der Waals surface area contributed by atoms with Gasteiger partial charge >= 0.3 is 5.89 Å². The number of hydrogen-bond donors (Lipinski definition) is 2. The van der Waals surface area contributed by atoms with E-state index in [1.54, 1.807) is 50.4 Å². The van der Waals surface area contributed by atoms with Gasteiger partial charge < -0.3 is 15.2 Å². The number of aryl methyl sites for hydroxylation is 2. The first kappa shape index (κ1) is 25.9. The minimum absolute atomic E-state index is 0.0179. The highest BCUT2D eigenvalue weighted by Gasteiger charge is 2.17. The highest BCUT2D eigenvalue weighted by molar-refractivity contribution is 5.92. The number of aromatic nitrogens is 7. The molecule has 0 radical (unpaired) electrons. The molecule has 0 unspecified atom stereocenters. The molecule has 0 saturated heterocycles. The monoisotopic (exact) mass is 540 g/mol. The molecule has 5 rings (SSSR count). The minimum Gasteiger partial charge on any atom is -0.346 e. The molecule has 0 aliphatic carbocycles. The Hall–Kier alpha value is -5.71. The third-order valence-electron chi connectivity index (χ3n) is 5.54. The summed E-state index contributed by atoms with van der Waals surface area (Å²) in [5.74, 6) is -1.94. The zero-order chi connectivity index (χ0) is 28.2. The van der Waals surface area contributed by atoms with Crippen molar-refractivity contribution < 1.29 is 18.1 Å². The molecule has 0 atom stereocenters. The van der Waals surface area contributed by atoms with E-state index in [1.807, 2.05) is 0 Å². The minimum atomic E-state index is -0.862. The molecule has 14 heteroatoms. The molecule has 198 valence electrons. The third-order valence-corrected chi connectivity index (χ3v) is 5.54. The number of nitriles is 1. The maximum Gasteiger partial charge on any atom is 0.330 e. The number of rotatable bonds is 7. The van der Waals surface area contributed by atoms with Crippen LogP contribution in [0.1, 0.15) is 33.3 Å². The molecule has 5 aromatic rings. The number of nitrogens with zero attached hydrogens (tertiary/aromatic N) is 8. The summed E-state index contributed by atoms with van der Waals surface area (Å²) in [6.07, 6.45) is 2.84. The summed E-state index contributed by atoms with van der Waals surface area (Å²) in [6, 6.07) is 10.7. The lowest BCUT2D eigenvalue weighted by atomic mass is 10.1. The van der Waals surface area contributed by atoms with E-state index in [4.69, 9.17) is 9.78 Å². The number of hydrogen-bond acceptors (Lipinski definition) is 11. The van der Waals surface area contributed by atoms with Crippen LogP contribution in [0.15, 0.2) is 53.3 Å². The number of amides is 1. The van der Waals surface area contributed by atoms with Crippen LogP contribution < -0.4 is 10.6 Å². The van der Waals surface area contributed by atoms with Gasteiger partial charge in [0, 0.05) is 47.5 Å². The van der Waals surface area contributed by atoms with Crippen molar-refractivity contribution >= 4 is 17.7 Å². The van der Waals surface area contributed by atoms with Crippen molar-refractivity contribution in [2.75, 3.05) is 5.32 Å². The Morgan fingerprint density at radius 3 is 2.58 bits per heavy atom. The van der Waals surface area contributed by atoms with Gasteiger partial charge in [-0.2, -0.15) is 14.6 Å². The van der Waals surface area contributed by atoms with E-state index in [0.29, 0.717) is 28.2 Å². The van der Waals surface area contributed by atoms with Gasteiger partial charge in [-0.1, -0.05) is 6.07 Å². The summed E-state index contributed by atoms with van der Waals surface area (Å²) in [5.41, 5.74) is 2.84. The van der Waals surface area contributed by atoms with Crippen molar-refractivity contribution in [2.24, 2.45) is 0 Å². The van der Waals surface area contributed by atoms with Crippen molar-refractivity contribution in [3.8, 4) is 28.7 Å². The van der Waals surface area contributed by atoms with Crippen LogP contribution in [0.5, 0.6) is 0 Å². The Balaban J connectivity index is 1.26. The van der Waals surface area contributed by atoms with E-state index < -0.39 is 23.4 Å². The van der Waals surface area contributed by atoms with Crippen LogP contribution in [0.25, 0.3) is 22.6 Å². The van der Waals surface area contributed by atoms with Crippen molar-refractivity contribution in [2.45, 2.75) is 20.4 Å². The molecule has 1 amide bonds. The SMILES string of the molecule is Cc1cc(Nc2noc(C#N)n2)nc(-c2cnc(C(=O)NCc3ccc(-c4ccc(F)nc4C)nc3)c(F)c2)n1. The lowest BCUT2D eigenvalue weighted by Gasteiger charge is -2.09. The van der Waals surface area contributed by atoms with Gasteiger partial charge in [0.05, 0.1) is 5.69 Å². The van der Waals surface area contributed by atoms with Gasteiger partial charge in [0.25, 0.3) is 11.9 Å². The van der Waals surface area contributed by atoms with E-state index in [2.05, 4.69) is 45.7 Å². The van der Waals surface area contributed by atoms with Gasteiger partial charge in [-0.05, 0) is 48.8 Å². The molecule has 0 aromatic carbocycles. The van der Waals surface area contributed by atoms with E-state index >= 15 is 0 Å². The fraction of sp³-hybridized carbons (Fsp3) is 0.115. The maximum absolute atomic E-state index is 14.9. The summed E-state index contributed by atoms with van der Waals surface area (Å²) in [4.78, 5) is 37.2. The molecule has 0 aliphatic heterocycles. The predicted molar refractivity (Wildman–Crippen MR) is 136 cm³/mol. The average molecular weight is 540 g/mol. The standard InChI is InChI=1S/C26H18F2N10O2/c1-13-7-21(36-26-37-22(9-29)40-38-26)35-24(33-13)16-8-18(27)23(31-12-16)25(39)32-11-15-3-5-19(30-10-15)17-4-6-20(28)34-14(17)2/h3-8,10,12H,11H2,1-2H3,(H,32,39)(H,33,35,36,38). The summed E-state index contributed by atoms with van der Waals surface area (Å²) in [6.45, 7) is 3.47. The Bertz CT molecular complexity index is 1770. The Morgan fingerprint density at radius 1 is 1.02 bits per heavy atom. The lowest BCUT2D eigenvalue weighted by molar-refractivity contribution is 0.0941. The molecule has 2 N–H and O–H groups in total. The van der Waals surface area contributed by atoms with Crippen LogP contribution in [-0.4, -0.2) is 41.0 Å². The van der Waals surface area contributed by atoms with E-state index in [1.165, 1.54) is 12.3 Å². The smallest absolute Gasteiger partial charge is 0.330 e. The summed E-state index contributed by atoms with van der Waals surface area (Å²) in [7, 11) is 0. The number of carbonyl (C=O) groups is 1. The molecule has 5 aromatic heterocycles. The Labute approximate surface area is 225 Å². The molecule has 5 heterocycles. The number of nitrogens with one attached hydrogen (secondary N) is 2. The topological polar surface area (TPSA) is 168 Å². The van der Waals surface area contributed by atoms with Crippen molar-refractivity contribution in [3.05, 3.63) is 89.1 Å². The first-order valence-electron chi connectivity index (χ1n) is 11.7. The van der Waals surface area contributed by atoms with Gasteiger partial charge in [-0.3, -0.25) is 9.78 Å². The second-order valence-electron chi connectivity index (χ2n) is 8.43. The lowest BCUT2D eigenvalue weighted by Crippen LogP contribution is -2.25. The van der Waals surface area contributed by atoms with Gasteiger partial charge in [-0.25, -0.2) is 24.3 Å². The van der Waals surface area contributed by atoms with Crippen LogP contribution in [0.2, 0.25) is 0 Å². The van der Waals surface area contributed by atoms with E-state index in [-0.39, 0.29) is 35.6 Å². The highest BCUT2D eigenvalue weighted by Crippen LogP contribution is 2.22. The van der Waals surface area contributed by atoms with Crippen molar-refractivity contribution in [3.63, 3.8) is 0 Å². The van der Waals surface area contributed by atoms with Crippen molar-refractivity contribution in [1.82, 2.24) is 40.4 Å². The summed E-state index contributed by atoms with van der Waals surface area (Å²) >= 11 is 0. The number of pyridine rings is 3. The fourth-order valence-electron chi connectivity index (χ4n) is 3.68. The summed E-state index contributed by atoms with van der Waals surface area (Å²) < 4.78 is 32.9. The van der Waals surface area contributed by atoms with Crippen LogP contribution in [-0.2, 0) is 6.54 Å². The highest BCUT2D eigenvalue weighted by atomic mass is 19.1. The number of anilines is 2. The second-order valence-corrected chi connectivity index (χ2v) is 8.43. The largest absolute Gasteiger partial charge is 0.346 e. The van der Waals surface area contributed by atoms with E-state index in [9.17, 15) is 13.6 Å². The molecule has 0 saturated carbocycles. The molecule has 0 bridgehead atoms. The Kier molecular flexibility index (Phi) is 7.10. The van der Waals surface area contributed by atoms with Crippen LogP contribution in [0.3, 0.4) is 0 Å².